The first-order valence-electron chi connectivity index (χ1n) is 24.6. The predicted octanol–water partition coefficient (Wildman–Crippen LogP) is 14.5. The number of amides is 1. The van der Waals surface area contributed by atoms with E-state index in [1.54, 1.807) is 0 Å². The van der Waals surface area contributed by atoms with Crippen molar-refractivity contribution >= 4 is 17.8 Å². The molecule has 0 aliphatic rings. The van der Waals surface area contributed by atoms with E-state index in [1.807, 2.05) is 0 Å². The zero-order valence-electron chi connectivity index (χ0n) is 38.3. The molecule has 0 aromatic heterocycles. The van der Waals surface area contributed by atoms with Crippen LogP contribution in [0, 0.1) is 0 Å². The normalized spacial score (nSPS) is 13.1. The highest BCUT2D eigenvalue weighted by molar-refractivity contribution is 5.83. The minimum absolute atomic E-state index is 0.00626. The van der Waals surface area contributed by atoms with Gasteiger partial charge in [0.2, 0.25) is 5.91 Å². The first-order chi connectivity index (χ1) is 28.9. The minimum atomic E-state index is -1.00. The van der Waals surface area contributed by atoms with E-state index in [-0.39, 0.29) is 18.0 Å². The average molecular weight is 825 g/mol. The van der Waals surface area contributed by atoms with Gasteiger partial charge in [-0.1, -0.05) is 184 Å². The third kappa shape index (κ3) is 43.0. The van der Waals surface area contributed by atoms with Crippen LogP contribution in [0.1, 0.15) is 232 Å². The van der Waals surface area contributed by atoms with E-state index >= 15 is 0 Å². The fourth-order valence-electron chi connectivity index (χ4n) is 7.18. The van der Waals surface area contributed by atoms with Gasteiger partial charge in [-0.3, -0.25) is 9.59 Å². The van der Waals surface area contributed by atoms with Gasteiger partial charge in [0.05, 0.1) is 0 Å². The number of allylic oxidation sites excluding steroid dienone is 10. The number of carboxylic acids is 1. The first kappa shape index (κ1) is 56.1. The molecule has 0 spiro atoms. The van der Waals surface area contributed by atoms with Gasteiger partial charge in [0.1, 0.15) is 12.1 Å². The van der Waals surface area contributed by atoms with Gasteiger partial charge in [0.15, 0.2) is 0 Å². The molecule has 0 bridgehead atoms. The van der Waals surface area contributed by atoms with E-state index in [4.69, 9.17) is 10.5 Å². The zero-order valence-corrected chi connectivity index (χ0v) is 38.3. The molecule has 0 aliphatic carbocycles. The van der Waals surface area contributed by atoms with Gasteiger partial charge in [0.25, 0.3) is 0 Å². The van der Waals surface area contributed by atoms with E-state index in [0.29, 0.717) is 32.2 Å². The summed E-state index contributed by atoms with van der Waals surface area (Å²) in [4.78, 5) is 36.5. The van der Waals surface area contributed by atoms with Gasteiger partial charge >= 0.3 is 11.9 Å². The molecular weight excluding hydrogens is 733 g/mol. The largest absolute Gasteiger partial charge is 0.480 e. The first-order valence-corrected chi connectivity index (χ1v) is 24.6. The Kier molecular flexibility index (Phi) is 43.9. The second-order valence-corrected chi connectivity index (χ2v) is 16.5. The summed E-state index contributed by atoms with van der Waals surface area (Å²) in [5.41, 5.74) is 5.49. The molecule has 7 nitrogen and oxygen atoms in total. The summed E-state index contributed by atoms with van der Waals surface area (Å²) in [5, 5.41) is 12.0. The molecule has 2 atom stereocenters. The number of nitrogens with two attached hydrogens (primary N) is 1. The highest BCUT2D eigenvalue weighted by Gasteiger charge is 2.19. The molecule has 340 valence electrons. The number of esters is 1. The molecule has 0 saturated heterocycles. The lowest BCUT2D eigenvalue weighted by atomic mass is 10.0. The average Bonchev–Trinajstić information content (AvgIpc) is 3.22. The maximum Gasteiger partial charge on any atom is 0.326 e. The number of carboxylic acid groups (broad SMARTS) is 1. The van der Waals surface area contributed by atoms with Crippen LogP contribution in [0.4, 0.5) is 0 Å². The van der Waals surface area contributed by atoms with Gasteiger partial charge < -0.3 is 20.9 Å². The van der Waals surface area contributed by atoms with Crippen molar-refractivity contribution < 1.29 is 24.2 Å². The second kappa shape index (κ2) is 46.1. The van der Waals surface area contributed by atoms with Gasteiger partial charge in [-0.05, 0) is 103 Å². The van der Waals surface area contributed by atoms with Crippen molar-refractivity contribution in [2.24, 2.45) is 5.73 Å². The summed E-state index contributed by atoms with van der Waals surface area (Å²) >= 11 is 0. The Labute approximate surface area is 363 Å². The van der Waals surface area contributed by atoms with Crippen LogP contribution in [0.15, 0.2) is 60.8 Å². The summed E-state index contributed by atoms with van der Waals surface area (Å²) in [6, 6.07) is -0.858. The fraction of sp³-hybridized carbons (Fsp3) is 0.750. The number of carbonyl (C=O) groups excluding carboxylic acids is 2. The molecule has 1 amide bonds. The highest BCUT2D eigenvalue weighted by Crippen LogP contribution is 2.19. The topological polar surface area (TPSA) is 119 Å². The van der Waals surface area contributed by atoms with Crippen LogP contribution in [-0.2, 0) is 19.1 Å². The molecule has 59 heavy (non-hydrogen) atoms. The number of nitrogens with one attached hydrogen (secondary N) is 1. The zero-order chi connectivity index (χ0) is 43.1. The number of aliphatic carboxylic acids is 1. The monoisotopic (exact) mass is 825 g/mol. The van der Waals surface area contributed by atoms with Gasteiger partial charge in [0, 0.05) is 12.8 Å². The lowest BCUT2D eigenvalue weighted by molar-refractivity contribution is -0.150. The Morgan fingerprint density at radius 1 is 0.508 bits per heavy atom. The smallest absolute Gasteiger partial charge is 0.326 e. The molecule has 0 saturated carbocycles. The second-order valence-electron chi connectivity index (χ2n) is 16.5. The molecule has 2 unspecified atom stereocenters. The molecule has 0 aromatic rings. The van der Waals surface area contributed by atoms with E-state index in [0.717, 1.165) is 103 Å². The van der Waals surface area contributed by atoms with Gasteiger partial charge in [-0.25, -0.2) is 4.79 Å². The summed E-state index contributed by atoms with van der Waals surface area (Å²) in [7, 11) is 0. The van der Waals surface area contributed by atoms with Crippen molar-refractivity contribution in [3.8, 4) is 0 Å². The quantitative estimate of drug-likeness (QED) is 0.0320. The highest BCUT2D eigenvalue weighted by atomic mass is 16.5. The summed E-state index contributed by atoms with van der Waals surface area (Å²) < 4.78 is 6.06. The van der Waals surface area contributed by atoms with Crippen molar-refractivity contribution in [2.45, 2.75) is 244 Å². The van der Waals surface area contributed by atoms with Gasteiger partial charge in [-0.2, -0.15) is 0 Å². The predicted molar refractivity (Wildman–Crippen MR) is 253 cm³/mol. The molecule has 0 fully saturated rings. The Bertz CT molecular complexity index is 1110. The fourth-order valence-corrected chi connectivity index (χ4v) is 7.18. The molecule has 4 N–H and O–H groups in total. The number of hydrogen-bond acceptors (Lipinski definition) is 5. The molecule has 0 aromatic carbocycles. The van der Waals surface area contributed by atoms with Crippen LogP contribution in [0.5, 0.6) is 0 Å². The van der Waals surface area contributed by atoms with Crippen molar-refractivity contribution in [1.29, 1.82) is 0 Å². The van der Waals surface area contributed by atoms with E-state index in [9.17, 15) is 19.5 Å². The lowest BCUT2D eigenvalue weighted by Crippen LogP contribution is -2.40. The third-order valence-corrected chi connectivity index (χ3v) is 10.8. The van der Waals surface area contributed by atoms with E-state index < -0.39 is 12.0 Å². The summed E-state index contributed by atoms with van der Waals surface area (Å²) in [6.45, 7) is 4.84. The molecule has 0 heterocycles. The Hall–Kier alpha value is -2.93. The summed E-state index contributed by atoms with van der Waals surface area (Å²) in [6.07, 6.45) is 58.4. The SMILES string of the molecule is CC/C=C\C/C=C\C/C=C\C/C=C\C/C=C\CCCCCCCCCC(=O)OC(CCCCCCCCCCCC)CCCCCCCC(=O)NC(CCCN)C(=O)O. The van der Waals surface area contributed by atoms with Crippen LogP contribution in [0.2, 0.25) is 0 Å². The maximum absolute atomic E-state index is 12.8. The van der Waals surface area contributed by atoms with Crippen LogP contribution >= 0.6 is 0 Å². The van der Waals surface area contributed by atoms with E-state index in [1.165, 1.54) is 89.9 Å². The van der Waals surface area contributed by atoms with Crippen molar-refractivity contribution in [2.75, 3.05) is 6.54 Å². The number of unbranched alkanes of at least 4 members (excludes halogenated alkanes) is 20. The Morgan fingerprint density at radius 3 is 1.41 bits per heavy atom. The molecule has 0 aliphatic heterocycles. The Morgan fingerprint density at radius 2 is 0.932 bits per heavy atom. The van der Waals surface area contributed by atoms with Crippen molar-refractivity contribution in [3.05, 3.63) is 60.8 Å². The van der Waals surface area contributed by atoms with Gasteiger partial charge in [-0.15, -0.1) is 0 Å². The van der Waals surface area contributed by atoms with E-state index in [2.05, 4.69) is 79.9 Å². The molecule has 0 rings (SSSR count). The molecule has 7 heteroatoms. The van der Waals surface area contributed by atoms with Crippen LogP contribution in [0.25, 0.3) is 0 Å². The van der Waals surface area contributed by atoms with Crippen molar-refractivity contribution in [1.82, 2.24) is 5.32 Å². The number of ether oxygens (including phenoxy) is 1. The standard InChI is InChI=1S/C52H92N2O5/c1-3-5-7-9-11-13-15-16-17-18-19-20-21-22-23-24-25-26-27-29-31-36-40-46-51(56)59-48(42-37-33-30-28-14-12-10-8-6-4-2)43-38-34-32-35-39-45-50(55)54-49(52(57)58)44-41-47-53/h5,7,11,13,16-17,19-20,22-23,48-49H,3-4,6,8-10,12,14-15,18,21,24-47,53H2,1-2H3,(H,54,55)(H,57,58)/b7-5-,13-11-,17-16-,20-19-,23-22-. The number of hydrogen-bond donors (Lipinski definition) is 3. The summed E-state index contributed by atoms with van der Waals surface area (Å²) in [5.74, 6) is -1.24. The minimum Gasteiger partial charge on any atom is -0.480 e. The third-order valence-electron chi connectivity index (χ3n) is 10.8. The van der Waals surface area contributed by atoms with Crippen molar-refractivity contribution in [3.63, 3.8) is 0 Å². The molecular formula is C52H92N2O5. The lowest BCUT2D eigenvalue weighted by Gasteiger charge is -2.18. The van der Waals surface area contributed by atoms with Crippen LogP contribution in [0.3, 0.4) is 0 Å². The van der Waals surface area contributed by atoms with Crippen LogP contribution in [-0.4, -0.2) is 41.6 Å². The maximum atomic E-state index is 12.8. The Balaban J connectivity index is 4.21. The molecule has 0 radical (unpaired) electrons. The number of rotatable bonds is 44. The number of carbonyl (C=O) groups is 3. The van der Waals surface area contributed by atoms with Crippen LogP contribution < -0.4 is 11.1 Å².